The topological polar surface area (TPSA) is 56.2 Å². The number of fused-ring (bicyclic) bond motifs is 1. The highest BCUT2D eigenvalue weighted by atomic mass is 79.9. The molecule has 0 saturated carbocycles. The van der Waals surface area contributed by atoms with Gasteiger partial charge in [0, 0.05) is 11.1 Å². The standard InChI is InChI=1S/C10H7BrN4S/c11-8-2-1-7(16-8)6-5-14-15-9(12)3-4-13-10(6)15/h1-5H,12H2. The van der Waals surface area contributed by atoms with Crippen LogP contribution in [0.2, 0.25) is 0 Å². The maximum Gasteiger partial charge on any atom is 0.166 e. The highest BCUT2D eigenvalue weighted by molar-refractivity contribution is 9.11. The van der Waals surface area contributed by atoms with Crippen molar-refractivity contribution in [3.05, 3.63) is 34.4 Å². The minimum absolute atomic E-state index is 0.590. The molecule has 0 unspecified atom stereocenters. The van der Waals surface area contributed by atoms with Crippen molar-refractivity contribution < 1.29 is 0 Å². The summed E-state index contributed by atoms with van der Waals surface area (Å²) in [6.45, 7) is 0. The fraction of sp³-hybridized carbons (Fsp3) is 0. The van der Waals surface area contributed by atoms with Crippen LogP contribution in [0.5, 0.6) is 0 Å². The van der Waals surface area contributed by atoms with Gasteiger partial charge in [-0.3, -0.25) is 0 Å². The van der Waals surface area contributed by atoms with Gasteiger partial charge in [0.15, 0.2) is 5.65 Å². The Morgan fingerprint density at radius 1 is 1.31 bits per heavy atom. The van der Waals surface area contributed by atoms with E-state index in [1.165, 1.54) is 0 Å². The van der Waals surface area contributed by atoms with Crippen LogP contribution in [-0.4, -0.2) is 14.6 Å². The van der Waals surface area contributed by atoms with Crippen molar-refractivity contribution in [2.24, 2.45) is 0 Å². The van der Waals surface area contributed by atoms with E-state index in [4.69, 9.17) is 5.73 Å². The highest BCUT2D eigenvalue weighted by Gasteiger charge is 2.10. The number of aromatic nitrogens is 3. The van der Waals surface area contributed by atoms with E-state index in [1.807, 2.05) is 12.1 Å². The normalized spacial score (nSPS) is 11.1. The summed E-state index contributed by atoms with van der Waals surface area (Å²) in [5.41, 5.74) is 7.60. The monoisotopic (exact) mass is 294 g/mol. The molecule has 3 aromatic rings. The van der Waals surface area contributed by atoms with Gasteiger partial charge in [0.2, 0.25) is 0 Å². The predicted octanol–water partition coefficient (Wildman–Crippen LogP) is 2.80. The van der Waals surface area contributed by atoms with Crippen LogP contribution < -0.4 is 5.73 Å². The zero-order valence-corrected chi connectivity index (χ0v) is 10.5. The summed E-state index contributed by atoms with van der Waals surface area (Å²) >= 11 is 5.09. The first-order valence-corrected chi connectivity index (χ1v) is 6.20. The first kappa shape index (κ1) is 9.80. The third-order valence-corrected chi connectivity index (χ3v) is 3.93. The van der Waals surface area contributed by atoms with Crippen LogP contribution in [0.1, 0.15) is 0 Å². The van der Waals surface area contributed by atoms with Crippen LogP contribution in [-0.2, 0) is 0 Å². The van der Waals surface area contributed by atoms with E-state index in [1.54, 1.807) is 34.3 Å². The van der Waals surface area contributed by atoms with Crippen LogP contribution in [0.25, 0.3) is 16.1 Å². The molecule has 0 radical (unpaired) electrons. The van der Waals surface area contributed by atoms with Gasteiger partial charge in [0.1, 0.15) is 5.82 Å². The SMILES string of the molecule is Nc1ccnc2c(-c3ccc(Br)s3)cnn12. The molecule has 4 nitrogen and oxygen atoms in total. The van der Waals surface area contributed by atoms with E-state index in [0.717, 1.165) is 19.9 Å². The summed E-state index contributed by atoms with van der Waals surface area (Å²) in [7, 11) is 0. The number of thiophene rings is 1. The first-order valence-electron chi connectivity index (χ1n) is 4.59. The lowest BCUT2D eigenvalue weighted by atomic mass is 10.3. The number of halogens is 1. The number of rotatable bonds is 1. The Bertz CT molecular complexity index is 658. The Hall–Kier alpha value is -1.40. The smallest absolute Gasteiger partial charge is 0.166 e. The summed E-state index contributed by atoms with van der Waals surface area (Å²) in [6, 6.07) is 5.78. The average Bonchev–Trinajstić information content (AvgIpc) is 2.84. The molecule has 0 aromatic carbocycles. The lowest BCUT2D eigenvalue weighted by Gasteiger charge is -1.97. The molecule has 0 aliphatic rings. The van der Waals surface area contributed by atoms with Gasteiger partial charge >= 0.3 is 0 Å². The quantitative estimate of drug-likeness (QED) is 0.751. The average molecular weight is 295 g/mol. The van der Waals surface area contributed by atoms with Gasteiger partial charge in [-0.25, -0.2) is 4.98 Å². The fourth-order valence-electron chi connectivity index (χ4n) is 1.54. The fourth-order valence-corrected chi connectivity index (χ4v) is 2.93. The maximum absolute atomic E-state index is 5.81. The first-order chi connectivity index (χ1) is 7.75. The third-order valence-electron chi connectivity index (χ3n) is 2.27. The molecule has 3 heterocycles. The van der Waals surface area contributed by atoms with Crippen molar-refractivity contribution >= 4 is 38.7 Å². The largest absolute Gasteiger partial charge is 0.384 e. The molecule has 0 atom stereocenters. The minimum Gasteiger partial charge on any atom is -0.384 e. The molecule has 0 bridgehead atoms. The summed E-state index contributed by atoms with van der Waals surface area (Å²) < 4.78 is 2.73. The maximum atomic E-state index is 5.81. The summed E-state index contributed by atoms with van der Waals surface area (Å²) in [6.07, 6.45) is 3.48. The Kier molecular flexibility index (Phi) is 2.19. The minimum atomic E-state index is 0.590. The number of nitrogen functional groups attached to an aromatic ring is 1. The van der Waals surface area contributed by atoms with Gasteiger partial charge in [0.05, 0.1) is 15.5 Å². The molecular formula is C10H7BrN4S. The van der Waals surface area contributed by atoms with Gasteiger partial charge in [-0.2, -0.15) is 9.61 Å². The van der Waals surface area contributed by atoms with Crippen molar-refractivity contribution in [2.75, 3.05) is 5.73 Å². The van der Waals surface area contributed by atoms with Crippen molar-refractivity contribution in [1.29, 1.82) is 0 Å². The molecule has 6 heteroatoms. The highest BCUT2D eigenvalue weighted by Crippen LogP contribution is 2.33. The van der Waals surface area contributed by atoms with Crippen LogP contribution >= 0.6 is 27.3 Å². The van der Waals surface area contributed by atoms with Crippen molar-refractivity contribution in [1.82, 2.24) is 14.6 Å². The zero-order valence-electron chi connectivity index (χ0n) is 8.09. The summed E-state index contributed by atoms with van der Waals surface area (Å²) in [5, 5.41) is 4.22. The summed E-state index contributed by atoms with van der Waals surface area (Å²) in [5.74, 6) is 0.590. The molecule has 3 aromatic heterocycles. The number of nitrogens with zero attached hydrogens (tertiary/aromatic N) is 3. The Morgan fingerprint density at radius 3 is 2.94 bits per heavy atom. The molecule has 0 fully saturated rings. The van der Waals surface area contributed by atoms with Gasteiger partial charge < -0.3 is 5.73 Å². The molecule has 16 heavy (non-hydrogen) atoms. The number of anilines is 1. The number of hydrogen-bond acceptors (Lipinski definition) is 4. The second-order valence-corrected chi connectivity index (χ2v) is 5.73. The number of nitrogens with two attached hydrogens (primary N) is 1. The Morgan fingerprint density at radius 2 is 2.19 bits per heavy atom. The van der Waals surface area contributed by atoms with Crippen molar-refractivity contribution in [2.45, 2.75) is 0 Å². The van der Waals surface area contributed by atoms with E-state index in [0.29, 0.717) is 5.82 Å². The lowest BCUT2D eigenvalue weighted by Crippen LogP contribution is -1.98. The molecule has 3 rings (SSSR count). The molecule has 0 spiro atoms. The van der Waals surface area contributed by atoms with Crippen molar-refractivity contribution in [3.8, 4) is 10.4 Å². The molecular weight excluding hydrogens is 288 g/mol. The van der Waals surface area contributed by atoms with Crippen LogP contribution in [0.4, 0.5) is 5.82 Å². The van der Waals surface area contributed by atoms with E-state index in [2.05, 4.69) is 26.0 Å². The van der Waals surface area contributed by atoms with Crippen LogP contribution in [0.15, 0.2) is 34.4 Å². The Labute approximate surface area is 104 Å². The third kappa shape index (κ3) is 1.42. The van der Waals surface area contributed by atoms with E-state index in [-0.39, 0.29) is 0 Å². The van der Waals surface area contributed by atoms with E-state index < -0.39 is 0 Å². The molecule has 80 valence electrons. The van der Waals surface area contributed by atoms with Crippen LogP contribution in [0, 0.1) is 0 Å². The van der Waals surface area contributed by atoms with Crippen LogP contribution in [0.3, 0.4) is 0 Å². The molecule has 0 saturated heterocycles. The lowest BCUT2D eigenvalue weighted by molar-refractivity contribution is 0.952. The van der Waals surface area contributed by atoms with Crippen molar-refractivity contribution in [3.63, 3.8) is 0 Å². The van der Waals surface area contributed by atoms with Gasteiger partial charge in [-0.05, 0) is 34.1 Å². The number of hydrogen-bond donors (Lipinski definition) is 1. The van der Waals surface area contributed by atoms with E-state index in [9.17, 15) is 0 Å². The summed E-state index contributed by atoms with van der Waals surface area (Å²) in [4.78, 5) is 5.42. The van der Waals surface area contributed by atoms with Gasteiger partial charge in [-0.15, -0.1) is 11.3 Å². The predicted molar refractivity (Wildman–Crippen MR) is 68.4 cm³/mol. The second kappa shape index (κ2) is 3.57. The molecule has 0 amide bonds. The van der Waals surface area contributed by atoms with Gasteiger partial charge in [0.25, 0.3) is 0 Å². The molecule has 0 aliphatic carbocycles. The second-order valence-electron chi connectivity index (χ2n) is 3.27. The Balaban J connectivity index is 2.29. The molecule has 0 aliphatic heterocycles. The van der Waals surface area contributed by atoms with Gasteiger partial charge in [-0.1, -0.05) is 0 Å². The molecule has 2 N–H and O–H groups in total. The zero-order chi connectivity index (χ0) is 11.1. The van der Waals surface area contributed by atoms with E-state index >= 15 is 0 Å².